The van der Waals surface area contributed by atoms with E-state index in [2.05, 4.69) is 128 Å². The van der Waals surface area contributed by atoms with Gasteiger partial charge in [-0.05, 0) is 128 Å². The molecule has 0 aliphatic rings. The predicted molar refractivity (Wildman–Crippen MR) is 449 cm³/mol. The van der Waals surface area contributed by atoms with Crippen molar-refractivity contribution in [3.05, 3.63) is 0 Å². The van der Waals surface area contributed by atoms with Gasteiger partial charge in [0.25, 0.3) is 0 Å². The normalized spacial score (nSPS) is 14.2. The lowest BCUT2D eigenvalue weighted by Crippen LogP contribution is -2.74. The van der Waals surface area contributed by atoms with E-state index in [1.807, 2.05) is 0 Å². The third-order valence-corrected chi connectivity index (χ3v) is 23.9. The largest absolute Gasteiger partial charge is 0.309 e. The summed E-state index contributed by atoms with van der Waals surface area (Å²) >= 11 is 0. The highest BCUT2D eigenvalue weighted by Gasteiger charge is 2.50. The van der Waals surface area contributed by atoms with Crippen LogP contribution in [0, 0.1) is 11.8 Å². The van der Waals surface area contributed by atoms with Crippen LogP contribution in [-0.2, 0) is 0 Å². The van der Waals surface area contributed by atoms with Crippen molar-refractivity contribution in [1.29, 1.82) is 0 Å². The van der Waals surface area contributed by atoms with E-state index in [4.69, 9.17) is 0 Å². The van der Waals surface area contributed by atoms with Crippen LogP contribution in [0.5, 0.6) is 0 Å². The molecule has 0 radical (unpaired) electrons. The average Bonchev–Trinajstić information content (AvgIpc) is 0.760. The van der Waals surface area contributed by atoms with E-state index in [0.29, 0.717) is 12.1 Å². The maximum Gasteiger partial charge on any atom is 0.0657 e. The van der Waals surface area contributed by atoms with Crippen molar-refractivity contribution < 1.29 is 0 Å². The zero-order chi connectivity index (χ0) is 71.9. The Morgan fingerprint density at radius 3 is 0.653 bits per heavy atom. The van der Waals surface area contributed by atoms with Crippen LogP contribution in [0.4, 0.5) is 0 Å². The Kier molecular flexibility index (Phi) is 74.8. The lowest BCUT2D eigenvalue weighted by atomic mass is 9.76. The zero-order valence-electron chi connectivity index (χ0n) is 71.1. The van der Waals surface area contributed by atoms with E-state index in [0.717, 1.165) is 24.9 Å². The molecule has 5 atom stereocenters. The summed E-state index contributed by atoms with van der Waals surface area (Å²) in [7, 11) is 24.0. The van der Waals surface area contributed by atoms with Gasteiger partial charge in [0.05, 0.1) is 5.54 Å². The number of rotatable bonds is 83. The Labute approximate surface area is 623 Å². The Bertz CT molecular complexity index is 1500. The number of likely N-dealkylation sites (N-methyl/N-ethyl adjacent to an activating group) is 5. The van der Waals surface area contributed by atoms with E-state index in [-0.39, 0.29) is 5.54 Å². The monoisotopic (exact) mass is 1380 g/mol. The first kappa shape index (κ1) is 97.8. The van der Waals surface area contributed by atoms with Gasteiger partial charge in [0.15, 0.2) is 0 Å². The van der Waals surface area contributed by atoms with Gasteiger partial charge in [0, 0.05) is 25.2 Å². The summed E-state index contributed by atoms with van der Waals surface area (Å²) in [6.07, 6.45) is 98.0. The molecule has 0 aromatic carbocycles. The van der Waals surface area contributed by atoms with Gasteiger partial charge < -0.3 is 24.5 Å². The van der Waals surface area contributed by atoms with Gasteiger partial charge >= 0.3 is 0 Å². The summed E-state index contributed by atoms with van der Waals surface area (Å²) in [5.74, 6) is 1.93. The summed E-state index contributed by atoms with van der Waals surface area (Å²) in [5.41, 5.74) is -0.00460. The standard InChI is InChI=1S/C92H192N6/c1-15-19-23-27-31-33-35-37-39-41-43-44-46-48-50-52-54-61-69-77-85-98(14)92(87-94(7)8,91(96(11)12)86-97(13)84-76-68-60-53-51-49-47-45-42-40-38-36-34-32-28-24-20-16-2)90(95(9)10)82-74-66-58-57-65-73-81-89(79-71-63-30-26-22-18-4)88(78-70-62-29-25-21-17-3)80-72-64-56-55-59-67-75-83-93(5)6/h88-91H,15-87H2,1-14H3. The average molecular weight is 1380 g/mol. The molecule has 0 rings (SSSR count). The van der Waals surface area contributed by atoms with Crippen molar-refractivity contribution in [3.8, 4) is 0 Å². The van der Waals surface area contributed by atoms with E-state index in [9.17, 15) is 0 Å². The Hall–Kier alpha value is -0.240. The third-order valence-electron chi connectivity index (χ3n) is 23.9. The topological polar surface area (TPSA) is 19.4 Å². The number of hydrogen-bond acceptors (Lipinski definition) is 6. The molecule has 0 saturated carbocycles. The molecule has 590 valence electrons. The summed E-state index contributed by atoms with van der Waals surface area (Å²) < 4.78 is 0. The Balaban J connectivity index is 5.91. The van der Waals surface area contributed by atoms with Gasteiger partial charge in [-0.25, -0.2) is 0 Å². The van der Waals surface area contributed by atoms with Gasteiger partial charge in [-0.2, -0.15) is 0 Å². The summed E-state index contributed by atoms with van der Waals surface area (Å²) in [6.45, 7) is 15.3. The Morgan fingerprint density at radius 2 is 0.418 bits per heavy atom. The zero-order valence-corrected chi connectivity index (χ0v) is 71.1. The summed E-state index contributed by atoms with van der Waals surface area (Å²) in [5, 5.41) is 0. The molecule has 5 unspecified atom stereocenters. The van der Waals surface area contributed by atoms with Crippen LogP contribution in [0.1, 0.15) is 464 Å². The summed E-state index contributed by atoms with van der Waals surface area (Å²) in [4.78, 5) is 16.0. The first-order chi connectivity index (χ1) is 47.8. The van der Waals surface area contributed by atoms with Gasteiger partial charge in [-0.3, -0.25) is 4.90 Å². The minimum Gasteiger partial charge on any atom is -0.309 e. The van der Waals surface area contributed by atoms with E-state index < -0.39 is 0 Å². The van der Waals surface area contributed by atoms with Gasteiger partial charge in [-0.1, -0.05) is 439 Å². The molecular formula is C92H192N6. The van der Waals surface area contributed by atoms with Gasteiger partial charge in [0.1, 0.15) is 0 Å². The van der Waals surface area contributed by atoms with Crippen molar-refractivity contribution in [2.24, 2.45) is 11.8 Å². The van der Waals surface area contributed by atoms with Crippen LogP contribution >= 0.6 is 0 Å². The highest BCUT2D eigenvalue weighted by molar-refractivity contribution is 5.10. The van der Waals surface area contributed by atoms with E-state index >= 15 is 0 Å². The molecule has 0 aromatic rings. The van der Waals surface area contributed by atoms with Crippen LogP contribution in [0.15, 0.2) is 0 Å². The van der Waals surface area contributed by atoms with Crippen LogP contribution in [-0.4, -0.2) is 150 Å². The van der Waals surface area contributed by atoms with Gasteiger partial charge in [0.2, 0.25) is 0 Å². The minimum atomic E-state index is -0.00460. The molecule has 0 spiro atoms. The molecule has 98 heavy (non-hydrogen) atoms. The van der Waals surface area contributed by atoms with Crippen molar-refractivity contribution in [2.45, 2.75) is 482 Å². The van der Waals surface area contributed by atoms with E-state index in [1.165, 1.54) is 456 Å². The van der Waals surface area contributed by atoms with Crippen molar-refractivity contribution in [2.75, 3.05) is 103 Å². The fourth-order valence-corrected chi connectivity index (χ4v) is 17.5. The molecule has 6 nitrogen and oxygen atoms in total. The molecule has 0 heterocycles. The van der Waals surface area contributed by atoms with E-state index in [1.54, 1.807) is 0 Å². The van der Waals surface area contributed by atoms with Crippen molar-refractivity contribution in [1.82, 2.24) is 29.4 Å². The molecule has 0 amide bonds. The molecule has 0 saturated heterocycles. The quantitative estimate of drug-likeness (QED) is 0.0561. The lowest BCUT2D eigenvalue weighted by Gasteiger charge is -2.57. The molecule has 6 heteroatoms. The van der Waals surface area contributed by atoms with Crippen LogP contribution in [0.3, 0.4) is 0 Å². The summed E-state index contributed by atoms with van der Waals surface area (Å²) in [6, 6.07) is 0.899. The number of unbranched alkanes of at least 4 members (excludes halogenated alkanes) is 57. The fourth-order valence-electron chi connectivity index (χ4n) is 17.5. The highest BCUT2D eigenvalue weighted by atomic mass is 15.3. The molecule has 0 N–H and O–H groups in total. The maximum atomic E-state index is 2.94. The SMILES string of the molecule is CCCCCCCCCCCCCCCCCCCCCCN(C)C(CN(C)C)(C(CCCCCCCCC(CCCCCCCC)C(CCCCCCCC)CCCCCCCCCN(C)C)N(C)C)C(CN(C)CCCCCCCCCCCCCCCCCCCC)N(C)C. The predicted octanol–water partition coefficient (Wildman–Crippen LogP) is 28.4. The second-order valence-electron chi connectivity index (χ2n) is 34.5. The minimum absolute atomic E-state index is 0.00460. The highest BCUT2D eigenvalue weighted by Crippen LogP contribution is 2.36. The smallest absolute Gasteiger partial charge is 0.0657 e. The molecule has 0 bridgehead atoms. The second-order valence-corrected chi connectivity index (χ2v) is 34.5. The van der Waals surface area contributed by atoms with Crippen LogP contribution in [0.25, 0.3) is 0 Å². The number of nitrogens with zero attached hydrogens (tertiary/aromatic N) is 6. The van der Waals surface area contributed by atoms with Gasteiger partial charge in [-0.15, -0.1) is 0 Å². The number of hydrogen-bond donors (Lipinski definition) is 0. The van der Waals surface area contributed by atoms with Crippen LogP contribution in [0.2, 0.25) is 0 Å². The van der Waals surface area contributed by atoms with Crippen molar-refractivity contribution in [3.63, 3.8) is 0 Å². The Morgan fingerprint density at radius 1 is 0.204 bits per heavy atom. The molecule has 0 aliphatic carbocycles. The third kappa shape index (κ3) is 60.0. The molecule has 0 aromatic heterocycles. The molecule has 0 fully saturated rings. The van der Waals surface area contributed by atoms with Crippen LogP contribution < -0.4 is 0 Å². The maximum absolute atomic E-state index is 2.94. The first-order valence-electron chi connectivity index (χ1n) is 45.8. The van der Waals surface area contributed by atoms with Crippen molar-refractivity contribution >= 4 is 0 Å². The lowest BCUT2D eigenvalue weighted by molar-refractivity contribution is -0.0574. The fraction of sp³-hybridized carbons (Fsp3) is 1.00. The molecule has 0 aliphatic heterocycles. The first-order valence-corrected chi connectivity index (χ1v) is 45.8. The second kappa shape index (κ2) is 75.0. The molecular weight excluding hydrogens is 1190 g/mol.